The normalized spacial score (nSPS) is 20.9. The fraction of sp³-hybridized carbons (Fsp3) is 0.750. The molecule has 0 saturated carbocycles. The summed E-state index contributed by atoms with van der Waals surface area (Å²) >= 11 is 0. The number of halogens is 2. The molecule has 80 valence electrons. The molecule has 1 rings (SSSR count). The van der Waals surface area contributed by atoms with Crippen LogP contribution >= 0.6 is 0 Å². The third-order valence-corrected chi connectivity index (χ3v) is 1.87. The maximum absolute atomic E-state index is 12.6. The van der Waals surface area contributed by atoms with Gasteiger partial charge in [0.25, 0.3) is 5.92 Å². The molecule has 0 radical (unpaired) electrons. The van der Waals surface area contributed by atoms with Gasteiger partial charge >= 0.3 is 0 Å². The van der Waals surface area contributed by atoms with Crippen LogP contribution < -0.4 is 5.73 Å². The summed E-state index contributed by atoms with van der Waals surface area (Å²) in [6.45, 7) is 4.64. The monoisotopic (exact) mass is 205 g/mol. The molecule has 1 heterocycles. The van der Waals surface area contributed by atoms with Gasteiger partial charge in [0.05, 0.1) is 12.6 Å². The van der Waals surface area contributed by atoms with Crippen molar-refractivity contribution in [3.63, 3.8) is 0 Å². The van der Waals surface area contributed by atoms with Crippen molar-refractivity contribution in [3.8, 4) is 6.57 Å². The molecule has 1 aliphatic heterocycles. The van der Waals surface area contributed by atoms with E-state index in [9.17, 15) is 13.6 Å². The zero-order chi connectivity index (χ0) is 11.4. The summed E-state index contributed by atoms with van der Waals surface area (Å²) < 4.78 is 25.2. The quantitative estimate of drug-likeness (QED) is 0.671. The highest BCUT2D eigenvalue weighted by molar-refractivity contribution is 5.81. The highest BCUT2D eigenvalue weighted by Crippen LogP contribution is 2.26. The third-order valence-electron chi connectivity index (χ3n) is 1.87. The van der Waals surface area contributed by atoms with E-state index in [1.54, 1.807) is 0 Å². The van der Waals surface area contributed by atoms with Gasteiger partial charge in [-0.2, -0.15) is 0 Å². The number of hydrogen-bond acceptors (Lipinski definition) is 3. The predicted molar refractivity (Wildman–Crippen MR) is 46.5 cm³/mol. The van der Waals surface area contributed by atoms with Gasteiger partial charge in [-0.05, 0) is 6.92 Å². The van der Waals surface area contributed by atoms with E-state index in [-0.39, 0.29) is 13.0 Å². The summed E-state index contributed by atoms with van der Waals surface area (Å²) in [6, 6.07) is -0.682. The Morgan fingerprint density at radius 2 is 2.14 bits per heavy atom. The zero-order valence-electron chi connectivity index (χ0n) is 7.91. The summed E-state index contributed by atoms with van der Waals surface area (Å²) in [4.78, 5) is 12.2. The molecule has 1 atom stereocenters. The van der Waals surface area contributed by atoms with Gasteiger partial charge < -0.3 is 10.6 Å². The van der Waals surface area contributed by atoms with E-state index in [0.29, 0.717) is 0 Å². The van der Waals surface area contributed by atoms with Crippen LogP contribution in [-0.4, -0.2) is 35.9 Å². The lowest BCUT2D eigenvalue weighted by atomic mass is 10.3. The van der Waals surface area contributed by atoms with Crippen molar-refractivity contribution in [3.05, 3.63) is 0 Å². The van der Waals surface area contributed by atoms with Crippen LogP contribution in [0.15, 0.2) is 0 Å². The third kappa shape index (κ3) is 3.26. The fourth-order valence-electron chi connectivity index (χ4n) is 1.21. The van der Waals surface area contributed by atoms with E-state index in [2.05, 4.69) is 6.57 Å². The molecule has 1 unspecified atom stereocenters. The van der Waals surface area contributed by atoms with Gasteiger partial charge in [-0.3, -0.25) is 4.79 Å². The Morgan fingerprint density at radius 3 is 2.43 bits per heavy atom. The maximum Gasteiger partial charge on any atom is 0.267 e. The lowest BCUT2D eigenvalue weighted by Crippen LogP contribution is -2.41. The standard InChI is InChI=1S/C7H12F2N2O.CHN/c1-5(10)6(12)11-3-2-7(8,9)4-11;1-2/h5H,2-4,10H2,1H3;1H. The van der Waals surface area contributed by atoms with Gasteiger partial charge in [-0.1, -0.05) is 0 Å². The lowest BCUT2D eigenvalue weighted by molar-refractivity contribution is -0.132. The smallest absolute Gasteiger partial charge is 0.267 e. The summed E-state index contributed by atoms with van der Waals surface area (Å²) in [5.74, 6) is -3.11. The average molecular weight is 205 g/mol. The Morgan fingerprint density at radius 1 is 1.64 bits per heavy atom. The zero-order valence-corrected chi connectivity index (χ0v) is 7.91. The van der Waals surface area contributed by atoms with Gasteiger partial charge in [0.1, 0.15) is 0 Å². The Hall–Kier alpha value is -1.22. The van der Waals surface area contributed by atoms with Gasteiger partial charge in [0.15, 0.2) is 0 Å². The molecule has 0 aromatic heterocycles. The second kappa shape index (κ2) is 4.86. The molecular weight excluding hydrogens is 192 g/mol. The Balaban J connectivity index is 0.000000791. The number of carbonyl (C=O) groups excluding carboxylic acids is 1. The molecule has 6 heteroatoms. The van der Waals surface area contributed by atoms with Crippen LogP contribution in [0.3, 0.4) is 0 Å². The molecule has 14 heavy (non-hydrogen) atoms. The average Bonchev–Trinajstić information content (AvgIpc) is 2.48. The van der Waals surface area contributed by atoms with Crippen molar-refractivity contribution >= 4 is 5.91 Å². The number of hydrogen-bond donors (Lipinski definition) is 1. The molecule has 0 aliphatic carbocycles. The van der Waals surface area contributed by atoms with Crippen LogP contribution in [0.1, 0.15) is 13.3 Å². The molecular formula is C8H13F2N3O. The van der Waals surface area contributed by atoms with Crippen LogP contribution in [0.2, 0.25) is 0 Å². The van der Waals surface area contributed by atoms with Gasteiger partial charge in [0, 0.05) is 19.5 Å². The molecule has 1 fully saturated rings. The highest BCUT2D eigenvalue weighted by atomic mass is 19.3. The molecule has 1 aliphatic rings. The summed E-state index contributed by atoms with van der Waals surface area (Å²) in [5, 5.41) is 6.50. The second-order valence-corrected chi connectivity index (χ2v) is 3.15. The van der Waals surface area contributed by atoms with E-state index in [0.717, 1.165) is 4.90 Å². The van der Waals surface area contributed by atoms with E-state index < -0.39 is 24.4 Å². The lowest BCUT2D eigenvalue weighted by Gasteiger charge is -2.17. The fourth-order valence-corrected chi connectivity index (χ4v) is 1.21. The van der Waals surface area contributed by atoms with Crippen molar-refractivity contribution in [1.82, 2.24) is 4.90 Å². The Kier molecular flexibility index (Phi) is 4.44. The minimum atomic E-state index is -2.72. The number of carbonyl (C=O) groups is 1. The first-order chi connectivity index (χ1) is 6.42. The maximum atomic E-state index is 12.6. The van der Waals surface area contributed by atoms with E-state index in [1.807, 2.05) is 0 Å². The number of nitriles is 1. The SMILES string of the molecule is C#N.CC(N)C(=O)N1CCC(F)(F)C1. The number of amides is 1. The van der Waals surface area contributed by atoms with Crippen LogP contribution in [0.5, 0.6) is 0 Å². The highest BCUT2D eigenvalue weighted by Gasteiger charge is 2.40. The molecule has 2 N–H and O–H groups in total. The van der Waals surface area contributed by atoms with Crippen molar-refractivity contribution in [2.75, 3.05) is 13.1 Å². The predicted octanol–water partition coefficient (Wildman–Crippen LogP) is 0.341. The molecule has 0 spiro atoms. The number of alkyl halides is 2. The second-order valence-electron chi connectivity index (χ2n) is 3.15. The van der Waals surface area contributed by atoms with Crippen molar-refractivity contribution < 1.29 is 13.6 Å². The summed E-state index contributed by atoms with van der Waals surface area (Å²) in [5.41, 5.74) is 5.27. The van der Waals surface area contributed by atoms with Crippen LogP contribution in [0.4, 0.5) is 8.78 Å². The summed E-state index contributed by atoms with van der Waals surface area (Å²) in [7, 11) is 0. The molecule has 1 amide bonds. The van der Waals surface area contributed by atoms with Gasteiger partial charge in [0.2, 0.25) is 5.91 Å². The van der Waals surface area contributed by atoms with Gasteiger partial charge in [-0.15, -0.1) is 0 Å². The Labute approximate surface area is 81.3 Å². The van der Waals surface area contributed by atoms with Crippen molar-refractivity contribution in [2.45, 2.75) is 25.3 Å². The Bertz CT molecular complexity index is 228. The number of likely N-dealkylation sites (tertiary alicyclic amines) is 1. The number of nitrogens with zero attached hydrogens (tertiary/aromatic N) is 2. The first kappa shape index (κ1) is 12.8. The first-order valence-electron chi connectivity index (χ1n) is 4.10. The number of nitrogens with two attached hydrogens (primary N) is 1. The van der Waals surface area contributed by atoms with Gasteiger partial charge in [-0.25, -0.2) is 14.0 Å². The first-order valence-corrected chi connectivity index (χ1v) is 4.10. The topological polar surface area (TPSA) is 70.1 Å². The molecule has 4 nitrogen and oxygen atoms in total. The van der Waals surface area contributed by atoms with Crippen LogP contribution in [-0.2, 0) is 4.79 Å². The minimum absolute atomic E-state index is 0.118. The molecule has 0 aromatic rings. The minimum Gasteiger partial charge on any atom is -0.335 e. The van der Waals surface area contributed by atoms with Crippen LogP contribution in [0, 0.1) is 11.8 Å². The van der Waals surface area contributed by atoms with E-state index in [4.69, 9.17) is 11.0 Å². The largest absolute Gasteiger partial charge is 0.335 e. The van der Waals surface area contributed by atoms with E-state index >= 15 is 0 Å². The van der Waals surface area contributed by atoms with E-state index in [1.165, 1.54) is 6.92 Å². The van der Waals surface area contributed by atoms with Crippen LogP contribution in [0.25, 0.3) is 0 Å². The summed E-state index contributed by atoms with van der Waals surface area (Å²) in [6.07, 6.45) is -0.245. The molecule has 1 saturated heterocycles. The van der Waals surface area contributed by atoms with Crippen molar-refractivity contribution in [1.29, 1.82) is 5.26 Å². The number of rotatable bonds is 1. The molecule has 0 bridgehead atoms. The molecule has 0 aromatic carbocycles. The van der Waals surface area contributed by atoms with Crippen molar-refractivity contribution in [2.24, 2.45) is 5.73 Å².